The van der Waals surface area contributed by atoms with E-state index in [1.165, 1.54) is 28.4 Å². The fourth-order valence-corrected chi connectivity index (χ4v) is 3.79. The predicted octanol–water partition coefficient (Wildman–Crippen LogP) is 2.56. The fourth-order valence-electron chi connectivity index (χ4n) is 3.79. The first-order valence-electron chi connectivity index (χ1n) is 9.69. The lowest BCUT2D eigenvalue weighted by atomic mass is 10.0. The topological polar surface area (TPSA) is 83.5 Å². The molecule has 2 aliphatic heterocycles. The number of esters is 1. The minimum Gasteiger partial charge on any atom is -0.493 e. The van der Waals surface area contributed by atoms with Gasteiger partial charge in [0.1, 0.15) is 0 Å². The number of carbonyl (C=O) groups excluding carboxylic acids is 2. The summed E-state index contributed by atoms with van der Waals surface area (Å²) in [7, 11) is 5.85. The van der Waals surface area contributed by atoms with Crippen molar-refractivity contribution in [1.82, 2.24) is 4.90 Å². The normalized spacial score (nSPS) is 20.2. The molecule has 3 rings (SSSR count). The summed E-state index contributed by atoms with van der Waals surface area (Å²) in [6, 6.07) is 3.43. The summed E-state index contributed by atoms with van der Waals surface area (Å²) < 4.78 is 26.7. The van der Waals surface area contributed by atoms with Gasteiger partial charge in [-0.2, -0.15) is 0 Å². The Morgan fingerprint density at radius 1 is 1.17 bits per heavy atom. The molecule has 0 radical (unpaired) electrons. The van der Waals surface area contributed by atoms with E-state index in [2.05, 4.69) is 0 Å². The van der Waals surface area contributed by atoms with Gasteiger partial charge >= 0.3 is 5.97 Å². The van der Waals surface area contributed by atoms with Crippen molar-refractivity contribution in [2.24, 2.45) is 0 Å². The van der Waals surface area contributed by atoms with Crippen LogP contribution in [0, 0.1) is 0 Å². The Bertz CT molecular complexity index is 872. The average Bonchev–Trinajstić information content (AvgIpc) is 3.35. The molecule has 0 aliphatic carbocycles. The summed E-state index contributed by atoms with van der Waals surface area (Å²) in [6.45, 7) is 2.83. The van der Waals surface area contributed by atoms with Crippen LogP contribution in [0.25, 0.3) is 6.08 Å². The molecular formula is C22H27NO7. The van der Waals surface area contributed by atoms with Crippen molar-refractivity contribution in [1.29, 1.82) is 0 Å². The van der Waals surface area contributed by atoms with Gasteiger partial charge in [0.05, 0.1) is 52.2 Å². The number of rotatable bonds is 7. The Morgan fingerprint density at radius 3 is 2.33 bits per heavy atom. The van der Waals surface area contributed by atoms with E-state index in [4.69, 9.17) is 23.7 Å². The van der Waals surface area contributed by atoms with E-state index in [0.717, 1.165) is 12.8 Å². The summed E-state index contributed by atoms with van der Waals surface area (Å²) >= 11 is 0. The molecular weight excluding hydrogens is 390 g/mol. The molecule has 8 heteroatoms. The second-order valence-electron chi connectivity index (χ2n) is 7.02. The number of carbonyl (C=O) groups is 2. The van der Waals surface area contributed by atoms with E-state index in [-0.39, 0.29) is 23.2 Å². The fraction of sp³-hybridized carbons (Fsp3) is 0.455. The Balaban J connectivity index is 2.05. The number of nitrogens with zero attached hydrogens (tertiary/aromatic N) is 1. The molecule has 0 N–H and O–H groups in total. The van der Waals surface area contributed by atoms with Crippen molar-refractivity contribution in [3.05, 3.63) is 34.5 Å². The van der Waals surface area contributed by atoms with E-state index in [9.17, 15) is 9.59 Å². The van der Waals surface area contributed by atoms with Gasteiger partial charge in [-0.15, -0.1) is 0 Å². The first-order valence-corrected chi connectivity index (χ1v) is 9.69. The molecule has 0 spiro atoms. The maximum atomic E-state index is 13.2. The average molecular weight is 417 g/mol. The van der Waals surface area contributed by atoms with Gasteiger partial charge < -0.3 is 28.6 Å². The molecule has 1 aromatic carbocycles. The highest BCUT2D eigenvalue weighted by Crippen LogP contribution is 2.40. The standard InChI is InChI=1S/C22H27NO7/c1-13-19(22(25)29-5)16(21(24)23(13)12-15-7-6-8-30-15)9-14-10-17(26-2)20(28-4)18(11-14)27-3/h9-11,15H,6-8,12H2,1-5H3/b16-9-. The lowest BCUT2D eigenvalue weighted by Crippen LogP contribution is -2.33. The molecule has 1 aromatic rings. The second kappa shape index (κ2) is 9.21. The monoisotopic (exact) mass is 417 g/mol. The maximum absolute atomic E-state index is 13.2. The Labute approximate surface area is 176 Å². The highest BCUT2D eigenvalue weighted by atomic mass is 16.5. The zero-order valence-corrected chi connectivity index (χ0v) is 17.9. The number of allylic oxidation sites excluding steroid dienone is 1. The summed E-state index contributed by atoms with van der Waals surface area (Å²) in [4.78, 5) is 27.3. The van der Waals surface area contributed by atoms with Gasteiger partial charge in [0.15, 0.2) is 11.5 Å². The van der Waals surface area contributed by atoms with Crippen molar-refractivity contribution in [3.63, 3.8) is 0 Å². The zero-order chi connectivity index (χ0) is 21.8. The van der Waals surface area contributed by atoms with Gasteiger partial charge in [-0.05, 0) is 43.5 Å². The summed E-state index contributed by atoms with van der Waals surface area (Å²) in [5.74, 6) is 0.516. The van der Waals surface area contributed by atoms with Crippen molar-refractivity contribution in [2.45, 2.75) is 25.9 Å². The molecule has 1 atom stereocenters. The van der Waals surface area contributed by atoms with Crippen molar-refractivity contribution >= 4 is 18.0 Å². The molecule has 2 heterocycles. The second-order valence-corrected chi connectivity index (χ2v) is 7.02. The number of ether oxygens (including phenoxy) is 5. The van der Waals surface area contributed by atoms with Crippen LogP contribution in [-0.4, -0.2) is 64.5 Å². The van der Waals surface area contributed by atoms with E-state index < -0.39 is 5.97 Å². The SMILES string of the molecule is COC(=O)C1=C(C)N(CC2CCCO2)C(=O)/C1=C\c1cc(OC)c(OC)c(OC)c1. The molecule has 2 aliphatic rings. The molecule has 1 amide bonds. The van der Waals surface area contributed by atoms with Crippen LogP contribution in [0.4, 0.5) is 0 Å². The van der Waals surface area contributed by atoms with Gasteiger partial charge in [0.2, 0.25) is 5.75 Å². The van der Waals surface area contributed by atoms with Crippen LogP contribution in [0.1, 0.15) is 25.3 Å². The lowest BCUT2D eigenvalue weighted by Gasteiger charge is -2.21. The van der Waals surface area contributed by atoms with Crippen molar-refractivity contribution < 1.29 is 33.3 Å². The van der Waals surface area contributed by atoms with Crippen LogP contribution in [0.15, 0.2) is 29.0 Å². The summed E-state index contributed by atoms with van der Waals surface area (Å²) in [5.41, 5.74) is 1.68. The molecule has 1 unspecified atom stereocenters. The zero-order valence-electron chi connectivity index (χ0n) is 17.9. The maximum Gasteiger partial charge on any atom is 0.340 e. The molecule has 0 aromatic heterocycles. The number of hydrogen-bond acceptors (Lipinski definition) is 7. The Hall–Kier alpha value is -3.00. The van der Waals surface area contributed by atoms with E-state index in [0.29, 0.717) is 41.7 Å². The third-order valence-corrected chi connectivity index (χ3v) is 5.31. The van der Waals surface area contributed by atoms with Gasteiger partial charge in [-0.3, -0.25) is 4.79 Å². The van der Waals surface area contributed by atoms with Gasteiger partial charge in [0.25, 0.3) is 5.91 Å². The Morgan fingerprint density at radius 2 is 1.83 bits per heavy atom. The first kappa shape index (κ1) is 21.7. The predicted molar refractivity (Wildman–Crippen MR) is 109 cm³/mol. The van der Waals surface area contributed by atoms with Crippen LogP contribution < -0.4 is 14.2 Å². The molecule has 162 valence electrons. The van der Waals surface area contributed by atoms with Crippen molar-refractivity contribution in [3.8, 4) is 17.2 Å². The summed E-state index contributed by atoms with van der Waals surface area (Å²) in [6.07, 6.45) is 3.45. The smallest absolute Gasteiger partial charge is 0.340 e. The number of methoxy groups -OCH3 is 4. The third-order valence-electron chi connectivity index (χ3n) is 5.31. The molecule has 0 bridgehead atoms. The molecule has 8 nitrogen and oxygen atoms in total. The van der Waals surface area contributed by atoms with Crippen LogP contribution in [0.2, 0.25) is 0 Å². The van der Waals surface area contributed by atoms with Gasteiger partial charge in [0, 0.05) is 12.3 Å². The quantitative estimate of drug-likeness (QED) is 0.498. The van der Waals surface area contributed by atoms with Gasteiger partial charge in [-0.1, -0.05) is 0 Å². The lowest BCUT2D eigenvalue weighted by molar-refractivity contribution is -0.136. The van der Waals surface area contributed by atoms with E-state index in [1.807, 2.05) is 0 Å². The summed E-state index contributed by atoms with van der Waals surface area (Å²) in [5, 5.41) is 0. The van der Waals surface area contributed by atoms with Crippen LogP contribution in [0.3, 0.4) is 0 Å². The number of benzene rings is 1. The number of hydrogen-bond donors (Lipinski definition) is 0. The van der Waals surface area contributed by atoms with E-state index >= 15 is 0 Å². The van der Waals surface area contributed by atoms with Crippen LogP contribution in [-0.2, 0) is 19.1 Å². The highest BCUT2D eigenvalue weighted by molar-refractivity contribution is 6.16. The highest BCUT2D eigenvalue weighted by Gasteiger charge is 2.38. The van der Waals surface area contributed by atoms with E-state index in [1.54, 1.807) is 30.0 Å². The number of amides is 1. The minimum absolute atomic E-state index is 0.0386. The molecule has 1 fully saturated rings. The molecule has 30 heavy (non-hydrogen) atoms. The van der Waals surface area contributed by atoms with Crippen LogP contribution in [0.5, 0.6) is 17.2 Å². The van der Waals surface area contributed by atoms with Gasteiger partial charge in [-0.25, -0.2) is 4.79 Å². The first-order chi connectivity index (χ1) is 14.4. The molecule has 0 saturated carbocycles. The van der Waals surface area contributed by atoms with Crippen molar-refractivity contribution in [2.75, 3.05) is 41.6 Å². The minimum atomic E-state index is -0.561. The molecule has 1 saturated heterocycles. The Kier molecular flexibility index (Phi) is 6.66. The largest absolute Gasteiger partial charge is 0.493 e. The van der Waals surface area contributed by atoms with Crippen LogP contribution >= 0.6 is 0 Å². The third kappa shape index (κ3) is 4.00.